The highest BCUT2D eigenvalue weighted by Crippen LogP contribution is 2.41. The van der Waals surface area contributed by atoms with Crippen molar-refractivity contribution in [2.45, 2.75) is 65.1 Å². The average Bonchev–Trinajstić information content (AvgIpc) is 2.93. The average molecular weight is 543 g/mol. The summed E-state index contributed by atoms with van der Waals surface area (Å²) < 4.78 is 21.0. The van der Waals surface area contributed by atoms with E-state index in [1.54, 1.807) is 6.20 Å². The molecule has 0 N–H and O–H groups in total. The van der Waals surface area contributed by atoms with Crippen LogP contribution in [0.4, 0.5) is 21.5 Å². The number of halogens is 1. The maximum atomic E-state index is 15.3. The Kier molecular flexibility index (Phi) is 7.95. The molecule has 0 spiro atoms. The van der Waals surface area contributed by atoms with Crippen LogP contribution in [0.25, 0.3) is 16.1 Å². The van der Waals surface area contributed by atoms with Gasteiger partial charge >= 0.3 is 0 Å². The van der Waals surface area contributed by atoms with E-state index >= 15 is 4.39 Å². The van der Waals surface area contributed by atoms with Crippen LogP contribution in [0.2, 0.25) is 0 Å². The second-order valence-electron chi connectivity index (χ2n) is 11.6. The Bertz CT molecular complexity index is 1420. The van der Waals surface area contributed by atoms with Crippen molar-refractivity contribution < 1.29 is 9.13 Å². The molecular formula is C32H39FN6O. The number of ether oxygens (including phenoxy) is 1. The van der Waals surface area contributed by atoms with E-state index < -0.39 is 0 Å². The first-order chi connectivity index (χ1) is 19.2. The van der Waals surface area contributed by atoms with Gasteiger partial charge < -0.3 is 19.4 Å². The molecule has 1 fully saturated rings. The van der Waals surface area contributed by atoms with Gasteiger partial charge in [-0.3, -0.25) is 0 Å². The molecule has 7 nitrogen and oxygen atoms in total. The van der Waals surface area contributed by atoms with E-state index in [0.717, 1.165) is 48.4 Å². The Hall–Kier alpha value is -3.70. The zero-order valence-electron chi connectivity index (χ0n) is 24.4. The molecule has 5 rings (SSSR count). The largest absolute Gasteiger partial charge is 0.486 e. The first-order valence-electron chi connectivity index (χ1n) is 14.2. The summed E-state index contributed by atoms with van der Waals surface area (Å²) in [6.07, 6.45) is 4.47. The van der Waals surface area contributed by atoms with Crippen molar-refractivity contribution in [1.82, 2.24) is 14.9 Å². The van der Waals surface area contributed by atoms with E-state index in [2.05, 4.69) is 71.5 Å². The molecule has 40 heavy (non-hydrogen) atoms. The van der Waals surface area contributed by atoms with E-state index in [0.29, 0.717) is 47.6 Å². The number of rotatable bonds is 6. The lowest BCUT2D eigenvalue weighted by atomic mass is 10.0. The summed E-state index contributed by atoms with van der Waals surface area (Å²) in [6.45, 7) is 18.4. The molecule has 3 heterocycles. The van der Waals surface area contributed by atoms with Crippen molar-refractivity contribution >= 4 is 17.1 Å². The summed E-state index contributed by atoms with van der Waals surface area (Å²) in [4.78, 5) is 20.1. The van der Waals surface area contributed by atoms with E-state index in [9.17, 15) is 0 Å². The second-order valence-corrected chi connectivity index (χ2v) is 11.6. The minimum absolute atomic E-state index is 0.142. The molecule has 210 valence electrons. The third-order valence-corrected chi connectivity index (χ3v) is 8.16. The van der Waals surface area contributed by atoms with Gasteiger partial charge in [-0.25, -0.2) is 19.2 Å². The third kappa shape index (κ3) is 5.48. The molecule has 8 heteroatoms. The van der Waals surface area contributed by atoms with Crippen LogP contribution in [-0.2, 0) is 6.42 Å². The molecule has 2 aliphatic heterocycles. The summed E-state index contributed by atoms with van der Waals surface area (Å²) in [5.41, 5.74) is 5.69. The summed E-state index contributed by atoms with van der Waals surface area (Å²) in [6, 6.07) is 10.5. The van der Waals surface area contributed by atoms with Crippen LogP contribution in [0.5, 0.6) is 5.75 Å². The molecule has 0 aliphatic carbocycles. The van der Waals surface area contributed by atoms with Crippen molar-refractivity contribution in [1.29, 1.82) is 0 Å². The van der Waals surface area contributed by atoms with Crippen LogP contribution in [0.3, 0.4) is 0 Å². The fraction of sp³-hybridized carbons (Fsp3) is 0.469. The number of anilines is 2. The molecule has 1 unspecified atom stereocenters. The van der Waals surface area contributed by atoms with Crippen LogP contribution >= 0.6 is 0 Å². The monoisotopic (exact) mass is 542 g/mol. The molecule has 0 saturated carbocycles. The maximum Gasteiger partial charge on any atom is 0.210 e. The van der Waals surface area contributed by atoms with Crippen LogP contribution in [0.15, 0.2) is 36.5 Å². The normalized spacial score (nSPS) is 17.6. The Morgan fingerprint density at radius 1 is 1.15 bits per heavy atom. The van der Waals surface area contributed by atoms with Crippen molar-refractivity contribution in [2.24, 2.45) is 0 Å². The lowest BCUT2D eigenvalue weighted by Crippen LogP contribution is -2.45. The minimum atomic E-state index is -0.378. The predicted molar refractivity (Wildman–Crippen MR) is 159 cm³/mol. The van der Waals surface area contributed by atoms with E-state index in [4.69, 9.17) is 16.3 Å². The quantitative estimate of drug-likeness (QED) is 0.343. The fourth-order valence-electron chi connectivity index (χ4n) is 6.06. The topological polar surface area (TPSA) is 49.1 Å². The summed E-state index contributed by atoms with van der Waals surface area (Å²) >= 11 is 0. The van der Waals surface area contributed by atoms with Crippen molar-refractivity contribution in [2.75, 3.05) is 43.6 Å². The first kappa shape index (κ1) is 27.9. The maximum absolute atomic E-state index is 15.3. The van der Waals surface area contributed by atoms with Gasteiger partial charge in [0.15, 0.2) is 11.6 Å². The number of nitrogens with zero attached hydrogens (tertiary/aromatic N) is 6. The van der Waals surface area contributed by atoms with Gasteiger partial charge in [-0.05, 0) is 78.4 Å². The van der Waals surface area contributed by atoms with Gasteiger partial charge in [0.1, 0.15) is 12.4 Å². The Balaban J connectivity index is 1.41. The van der Waals surface area contributed by atoms with Crippen LogP contribution in [0.1, 0.15) is 50.6 Å². The van der Waals surface area contributed by atoms with Gasteiger partial charge in [0.25, 0.3) is 0 Å². The van der Waals surface area contributed by atoms with Crippen LogP contribution in [-0.4, -0.2) is 66.8 Å². The van der Waals surface area contributed by atoms with Crippen molar-refractivity contribution in [3.05, 3.63) is 70.7 Å². The Morgan fingerprint density at radius 3 is 2.58 bits per heavy atom. The van der Waals surface area contributed by atoms with Crippen molar-refractivity contribution in [3.63, 3.8) is 0 Å². The molecule has 0 bridgehead atoms. The smallest absolute Gasteiger partial charge is 0.210 e. The van der Waals surface area contributed by atoms with Gasteiger partial charge in [0.05, 0.1) is 24.0 Å². The highest BCUT2D eigenvalue weighted by molar-refractivity contribution is 5.74. The Labute approximate surface area is 237 Å². The number of benzene rings is 2. The van der Waals surface area contributed by atoms with Crippen LogP contribution < -0.4 is 14.5 Å². The van der Waals surface area contributed by atoms with E-state index in [-0.39, 0.29) is 17.9 Å². The predicted octanol–water partition coefficient (Wildman–Crippen LogP) is 6.26. The second kappa shape index (κ2) is 11.4. The zero-order valence-corrected chi connectivity index (χ0v) is 24.4. The number of piperidine rings is 1. The van der Waals surface area contributed by atoms with E-state index in [1.807, 2.05) is 19.1 Å². The molecule has 0 radical (unpaired) electrons. The first-order valence-corrected chi connectivity index (χ1v) is 14.2. The van der Waals surface area contributed by atoms with Gasteiger partial charge in [-0.2, -0.15) is 0 Å². The number of hydrogen-bond acceptors (Lipinski definition) is 6. The van der Waals surface area contributed by atoms with Gasteiger partial charge in [-0.1, -0.05) is 17.7 Å². The lowest BCUT2D eigenvalue weighted by Gasteiger charge is -2.40. The molecular weight excluding hydrogens is 503 g/mol. The minimum Gasteiger partial charge on any atom is -0.486 e. The van der Waals surface area contributed by atoms with Gasteiger partial charge in [0, 0.05) is 49.0 Å². The van der Waals surface area contributed by atoms with Crippen LogP contribution in [0, 0.1) is 19.3 Å². The summed E-state index contributed by atoms with van der Waals surface area (Å²) in [7, 11) is 4.27. The van der Waals surface area contributed by atoms with E-state index in [1.165, 1.54) is 6.07 Å². The third-order valence-electron chi connectivity index (χ3n) is 8.16. The highest BCUT2D eigenvalue weighted by Gasteiger charge is 2.30. The Morgan fingerprint density at radius 2 is 1.90 bits per heavy atom. The summed E-state index contributed by atoms with van der Waals surface area (Å²) in [5, 5.41) is 0. The SMILES string of the molecule is [C-]#[N+]c1cc(Cc2ncc(C)c(-c3cc(F)c4c(c3)N(C(C)C)C(C)CO4)n2)ccc1N1CCC(N(C)C)CC1. The number of hydrogen-bond donors (Lipinski definition) is 0. The van der Waals surface area contributed by atoms with Gasteiger partial charge in [0.2, 0.25) is 5.69 Å². The number of aryl methyl sites for hydroxylation is 1. The molecule has 0 amide bonds. The number of aromatic nitrogens is 2. The standard InChI is InChI=1S/C32H39FN6O/c1-20(2)39-22(4)19-40-32-26(33)16-24(17-29(32)39)31-21(3)18-35-30(36-31)15-23-8-9-28(27(14-23)34-5)38-12-10-25(11-13-38)37(6)7/h8-9,14,16-18,20,22,25H,10-13,15,19H2,1-4,6-7H3. The number of fused-ring (bicyclic) bond motifs is 1. The molecule has 2 aliphatic rings. The molecule has 1 aromatic heterocycles. The zero-order chi connectivity index (χ0) is 28.6. The molecule has 3 aromatic rings. The molecule has 2 aromatic carbocycles. The fourth-order valence-corrected chi connectivity index (χ4v) is 6.06. The van der Waals surface area contributed by atoms with Gasteiger partial charge in [-0.15, -0.1) is 0 Å². The highest BCUT2D eigenvalue weighted by atomic mass is 19.1. The summed E-state index contributed by atoms with van der Waals surface area (Å²) in [5.74, 6) is 0.566. The molecule has 1 saturated heterocycles. The molecule has 1 atom stereocenters. The lowest BCUT2D eigenvalue weighted by molar-refractivity contribution is 0.250. The van der Waals surface area contributed by atoms with Crippen molar-refractivity contribution in [3.8, 4) is 17.0 Å².